The van der Waals surface area contributed by atoms with Crippen LogP contribution in [0.1, 0.15) is 48.0 Å². The number of nitrogens with zero attached hydrogens (tertiary/aromatic N) is 2. The minimum Gasteiger partial charge on any atom is -0.349 e. The summed E-state index contributed by atoms with van der Waals surface area (Å²) in [6.45, 7) is 18.4. The lowest BCUT2D eigenvalue weighted by Crippen LogP contribution is -2.40. The van der Waals surface area contributed by atoms with E-state index >= 15 is 0 Å². The van der Waals surface area contributed by atoms with Gasteiger partial charge in [-0.2, -0.15) is 0 Å². The van der Waals surface area contributed by atoms with Gasteiger partial charge in [-0.15, -0.1) is 11.6 Å². The van der Waals surface area contributed by atoms with Crippen molar-refractivity contribution in [2.75, 3.05) is 19.8 Å². The molecule has 9 heteroatoms. The summed E-state index contributed by atoms with van der Waals surface area (Å²) >= 11 is 5.86. The lowest BCUT2D eigenvalue weighted by Gasteiger charge is -2.37. The topological polar surface area (TPSA) is 35.3 Å². The van der Waals surface area contributed by atoms with Crippen molar-refractivity contribution in [1.29, 1.82) is 0 Å². The van der Waals surface area contributed by atoms with Gasteiger partial charge in [-0.25, -0.2) is 15.6 Å². The third kappa shape index (κ3) is 9.51. The Hall–Kier alpha value is 0.0449. The van der Waals surface area contributed by atoms with Gasteiger partial charge in [0.1, 0.15) is 21.1 Å². The molecule has 0 saturated heterocycles. The maximum absolute atomic E-state index is 14.9. The first-order chi connectivity index (χ1) is 11.6. The van der Waals surface area contributed by atoms with Crippen molar-refractivity contribution in [3.63, 3.8) is 0 Å². The number of hydrogen-bond acceptors (Lipinski definition) is 4. The molecule has 0 aliphatic carbocycles. The summed E-state index contributed by atoms with van der Waals surface area (Å²) in [5.74, 6) is -2.05. The molecule has 0 aromatic carbocycles. The largest absolute Gasteiger partial charge is 0.349 e. The van der Waals surface area contributed by atoms with E-state index in [1.165, 1.54) is 0 Å². The fraction of sp³-hybridized carbons (Fsp3) is 0.938. The van der Waals surface area contributed by atoms with Gasteiger partial charge in [-0.05, 0) is 34.6 Å². The van der Waals surface area contributed by atoms with E-state index in [2.05, 4.69) is 4.85 Å². The second-order valence-corrected chi connectivity index (χ2v) is 8.43. The summed E-state index contributed by atoms with van der Waals surface area (Å²) in [4.78, 5) is 3.27. The van der Waals surface area contributed by atoms with Gasteiger partial charge in [0.05, 0.1) is 0 Å². The van der Waals surface area contributed by atoms with E-state index in [1.807, 2.05) is 32.4 Å². The standard InChI is InChI=1S/C16H30BClFN2O3P/c1-8-16(19,24-15(17)14(6)18)11-23-25(22-10-9-20-7)21(12(2)3)13(4)5/h12-15H,8-11H2,1-6H3/t14-,15?,16-,25?/m1/s1. The highest BCUT2D eigenvalue weighted by Gasteiger charge is 2.36. The van der Waals surface area contributed by atoms with Crippen LogP contribution in [0.5, 0.6) is 0 Å². The Labute approximate surface area is 159 Å². The molecule has 0 spiro atoms. The van der Waals surface area contributed by atoms with Crippen LogP contribution in [-0.4, -0.2) is 61.6 Å². The van der Waals surface area contributed by atoms with Crippen molar-refractivity contribution >= 4 is 28.0 Å². The second-order valence-electron chi connectivity index (χ2n) is 6.29. The minimum absolute atomic E-state index is 0.0683. The van der Waals surface area contributed by atoms with E-state index in [0.29, 0.717) is 0 Å². The normalized spacial score (nSPS) is 18.2. The average Bonchev–Trinajstić information content (AvgIpc) is 2.51. The molecule has 4 atom stereocenters. The minimum atomic E-state index is -2.05. The molecule has 25 heavy (non-hydrogen) atoms. The molecule has 0 heterocycles. The molecule has 2 unspecified atom stereocenters. The van der Waals surface area contributed by atoms with E-state index in [4.69, 9.17) is 39.8 Å². The lowest BCUT2D eigenvalue weighted by molar-refractivity contribution is -0.178. The third-order valence-electron chi connectivity index (χ3n) is 3.37. The predicted molar refractivity (Wildman–Crippen MR) is 102 cm³/mol. The van der Waals surface area contributed by atoms with Crippen LogP contribution in [0.2, 0.25) is 0 Å². The SMILES string of the molecule is [B]C(O[C@](F)(CC)COP(OCC[N+]#[C-])N(C(C)C)C(C)C)[C@@H](C)Cl. The number of ether oxygens (including phenoxy) is 1. The van der Waals surface area contributed by atoms with Crippen LogP contribution in [-0.2, 0) is 13.8 Å². The zero-order valence-electron chi connectivity index (χ0n) is 16.0. The van der Waals surface area contributed by atoms with Crippen LogP contribution < -0.4 is 0 Å². The van der Waals surface area contributed by atoms with Gasteiger partial charge in [-0.1, -0.05) is 6.92 Å². The van der Waals surface area contributed by atoms with Crippen LogP contribution >= 0.6 is 20.1 Å². The summed E-state index contributed by atoms with van der Waals surface area (Å²) in [5.41, 5.74) is 0. The summed E-state index contributed by atoms with van der Waals surface area (Å²) < 4.78 is 33.8. The fourth-order valence-corrected chi connectivity index (χ4v) is 3.71. The molecule has 2 radical (unpaired) electrons. The van der Waals surface area contributed by atoms with Crippen LogP contribution in [0.3, 0.4) is 0 Å². The van der Waals surface area contributed by atoms with Gasteiger partial charge in [0.2, 0.25) is 12.4 Å². The zero-order valence-corrected chi connectivity index (χ0v) is 17.7. The molecular weight excluding hydrogens is 364 g/mol. The summed E-state index contributed by atoms with van der Waals surface area (Å²) in [6, 6.07) is -0.655. The van der Waals surface area contributed by atoms with Crippen LogP contribution in [0.15, 0.2) is 0 Å². The molecule has 0 bridgehead atoms. The number of halogens is 2. The Bertz CT molecular complexity index is 407. The van der Waals surface area contributed by atoms with Crippen molar-refractivity contribution in [2.24, 2.45) is 0 Å². The predicted octanol–water partition coefficient (Wildman–Crippen LogP) is 4.50. The first-order valence-electron chi connectivity index (χ1n) is 8.51. The maximum atomic E-state index is 14.9. The molecule has 5 nitrogen and oxygen atoms in total. The van der Waals surface area contributed by atoms with E-state index in [1.54, 1.807) is 13.8 Å². The molecule has 0 fully saturated rings. The van der Waals surface area contributed by atoms with Gasteiger partial charge in [-0.3, -0.25) is 0 Å². The summed E-state index contributed by atoms with van der Waals surface area (Å²) in [7, 11) is 4.19. The maximum Gasteiger partial charge on any atom is 0.259 e. The Morgan fingerprint density at radius 2 is 1.80 bits per heavy atom. The quantitative estimate of drug-likeness (QED) is 0.151. The highest BCUT2D eigenvalue weighted by atomic mass is 35.5. The molecule has 0 N–H and O–H groups in total. The van der Waals surface area contributed by atoms with Crippen LogP contribution in [0.4, 0.5) is 4.39 Å². The molecule has 0 amide bonds. The molecule has 0 rings (SSSR count). The fourth-order valence-electron chi connectivity index (χ4n) is 2.02. The second kappa shape index (κ2) is 12.4. The van der Waals surface area contributed by atoms with E-state index in [9.17, 15) is 4.39 Å². The van der Waals surface area contributed by atoms with Gasteiger partial charge in [0.15, 0.2) is 0 Å². The zero-order chi connectivity index (χ0) is 19.6. The van der Waals surface area contributed by atoms with Gasteiger partial charge in [0.25, 0.3) is 8.53 Å². The van der Waals surface area contributed by atoms with E-state index in [0.717, 1.165) is 0 Å². The first-order valence-corrected chi connectivity index (χ1v) is 10.1. The van der Waals surface area contributed by atoms with Crippen molar-refractivity contribution in [2.45, 2.75) is 77.3 Å². The highest BCUT2D eigenvalue weighted by Crippen LogP contribution is 2.47. The van der Waals surface area contributed by atoms with E-state index < -0.39 is 25.8 Å². The Balaban J connectivity index is 5.05. The smallest absolute Gasteiger partial charge is 0.259 e. The number of hydrogen-bond donors (Lipinski definition) is 0. The molecule has 0 saturated carbocycles. The van der Waals surface area contributed by atoms with Crippen LogP contribution in [0.25, 0.3) is 4.85 Å². The highest BCUT2D eigenvalue weighted by molar-refractivity contribution is 7.44. The number of rotatable bonds is 13. The van der Waals surface area contributed by atoms with Crippen molar-refractivity contribution in [1.82, 2.24) is 4.67 Å². The molecule has 0 aromatic rings. The van der Waals surface area contributed by atoms with Crippen LogP contribution in [0, 0.1) is 6.57 Å². The first kappa shape index (κ1) is 25.0. The Morgan fingerprint density at radius 3 is 2.20 bits per heavy atom. The molecular formula is C16H30BClFN2O3P. The molecule has 0 aromatic heterocycles. The summed E-state index contributed by atoms with van der Waals surface area (Å²) in [5, 5.41) is -0.527. The van der Waals surface area contributed by atoms with Crippen molar-refractivity contribution < 1.29 is 18.2 Å². The molecule has 0 aliphatic heterocycles. The van der Waals surface area contributed by atoms with Gasteiger partial charge < -0.3 is 18.6 Å². The Kier molecular flexibility index (Phi) is 12.5. The third-order valence-corrected chi connectivity index (χ3v) is 5.67. The van der Waals surface area contributed by atoms with Gasteiger partial charge in [0, 0.05) is 29.9 Å². The average molecular weight is 395 g/mol. The van der Waals surface area contributed by atoms with Crippen molar-refractivity contribution in [3.05, 3.63) is 11.4 Å². The molecule has 0 aliphatic rings. The van der Waals surface area contributed by atoms with Crippen molar-refractivity contribution in [3.8, 4) is 0 Å². The van der Waals surface area contributed by atoms with Gasteiger partial charge >= 0.3 is 0 Å². The number of alkyl halides is 2. The lowest BCUT2D eigenvalue weighted by atomic mass is 9.96. The monoisotopic (exact) mass is 394 g/mol. The summed E-state index contributed by atoms with van der Waals surface area (Å²) in [6.07, 6.45) is 0.0683. The molecule has 144 valence electrons. The Morgan fingerprint density at radius 1 is 1.24 bits per heavy atom. The van der Waals surface area contributed by atoms with E-state index in [-0.39, 0.29) is 38.3 Å².